The number of carboxylic acid groups (broad SMARTS) is 1. The largest absolute Gasteiger partial charge is 0.477 e. The molecule has 128 valence electrons. The average Bonchev–Trinajstić information content (AvgIpc) is 2.45. The van der Waals surface area contributed by atoms with Gasteiger partial charge >= 0.3 is 11.8 Å². The third-order valence-electron chi connectivity index (χ3n) is 3.31. The number of carbonyl (C=O) groups is 2. The molecular formula is C11H18FNO9. The minimum absolute atomic E-state index is 0.767. The van der Waals surface area contributed by atoms with Crippen LogP contribution in [0.15, 0.2) is 0 Å². The molecule has 0 radical (unpaired) electrons. The number of amides is 1. The van der Waals surface area contributed by atoms with Gasteiger partial charge in [0.2, 0.25) is 5.91 Å². The maximum atomic E-state index is 13.9. The van der Waals surface area contributed by atoms with Crippen LogP contribution in [0.5, 0.6) is 0 Å². The normalized spacial score (nSPS) is 38.1. The molecule has 11 heteroatoms. The molecule has 10 nitrogen and oxygen atoms in total. The van der Waals surface area contributed by atoms with Crippen LogP contribution < -0.4 is 5.32 Å². The lowest BCUT2D eigenvalue weighted by molar-refractivity contribution is -0.320. The van der Waals surface area contributed by atoms with Crippen LogP contribution in [0.1, 0.15) is 6.92 Å². The van der Waals surface area contributed by atoms with Gasteiger partial charge in [-0.25, -0.2) is 9.18 Å². The van der Waals surface area contributed by atoms with Crippen molar-refractivity contribution in [2.24, 2.45) is 0 Å². The second-order valence-corrected chi connectivity index (χ2v) is 4.94. The summed E-state index contributed by atoms with van der Waals surface area (Å²) in [5.41, 5.74) is 0. The van der Waals surface area contributed by atoms with Crippen molar-refractivity contribution >= 4 is 11.9 Å². The summed E-state index contributed by atoms with van der Waals surface area (Å²) in [7, 11) is 0. The highest BCUT2D eigenvalue weighted by atomic mass is 19.1. The van der Waals surface area contributed by atoms with E-state index in [-0.39, 0.29) is 0 Å². The maximum absolute atomic E-state index is 13.9. The zero-order valence-electron chi connectivity index (χ0n) is 11.5. The van der Waals surface area contributed by atoms with Crippen LogP contribution in [0.2, 0.25) is 0 Å². The molecule has 1 rings (SSSR count). The SMILES string of the molecule is CC(=O)N[C@H]1C([C@H](O)[C@H](O)CO)O[C@@](O)(C(=O)O)C(F)[C@H]1O. The molecule has 1 saturated heterocycles. The Bertz CT molecular complexity index is 436. The van der Waals surface area contributed by atoms with Crippen molar-refractivity contribution < 1.29 is 49.4 Å². The summed E-state index contributed by atoms with van der Waals surface area (Å²) in [6.07, 6.45) is -10.8. The number of hydrogen-bond acceptors (Lipinski definition) is 8. The molecule has 0 saturated carbocycles. The van der Waals surface area contributed by atoms with Crippen molar-refractivity contribution in [3.05, 3.63) is 0 Å². The van der Waals surface area contributed by atoms with Gasteiger partial charge in [0.1, 0.15) is 24.4 Å². The lowest BCUT2D eigenvalue weighted by Crippen LogP contribution is -2.72. The quantitative estimate of drug-likeness (QED) is 0.266. The highest BCUT2D eigenvalue weighted by molar-refractivity contribution is 5.77. The summed E-state index contributed by atoms with van der Waals surface area (Å²) >= 11 is 0. The first-order chi connectivity index (χ1) is 10.1. The van der Waals surface area contributed by atoms with Gasteiger partial charge in [-0.2, -0.15) is 0 Å². The molecule has 22 heavy (non-hydrogen) atoms. The van der Waals surface area contributed by atoms with E-state index in [4.69, 9.17) is 10.2 Å². The lowest BCUT2D eigenvalue weighted by atomic mass is 9.87. The summed E-state index contributed by atoms with van der Waals surface area (Å²) in [6, 6.07) is -1.66. The zero-order chi connectivity index (χ0) is 17.2. The first-order valence-corrected chi connectivity index (χ1v) is 6.26. The number of nitrogens with one attached hydrogen (secondary N) is 1. The Hall–Kier alpha value is -1.37. The van der Waals surface area contributed by atoms with Crippen molar-refractivity contribution in [3.8, 4) is 0 Å². The van der Waals surface area contributed by atoms with Crippen molar-refractivity contribution in [3.63, 3.8) is 0 Å². The van der Waals surface area contributed by atoms with Crippen LogP contribution in [0.25, 0.3) is 0 Å². The Kier molecular flexibility index (Phi) is 5.78. The van der Waals surface area contributed by atoms with Gasteiger partial charge in [0.05, 0.1) is 12.6 Å². The van der Waals surface area contributed by atoms with Crippen LogP contribution in [0, 0.1) is 0 Å². The Morgan fingerprint density at radius 2 is 1.95 bits per heavy atom. The van der Waals surface area contributed by atoms with E-state index in [9.17, 15) is 34.4 Å². The van der Waals surface area contributed by atoms with Crippen LogP contribution >= 0.6 is 0 Å². The predicted octanol–water partition coefficient (Wildman–Crippen LogP) is -3.92. The summed E-state index contributed by atoms with van der Waals surface area (Å²) < 4.78 is 18.5. The third-order valence-corrected chi connectivity index (χ3v) is 3.31. The number of aliphatic carboxylic acids is 1. The number of alkyl halides is 1. The van der Waals surface area contributed by atoms with Crippen LogP contribution in [-0.4, -0.2) is 91.5 Å². The van der Waals surface area contributed by atoms with Crippen LogP contribution in [0.4, 0.5) is 4.39 Å². The minimum atomic E-state index is -3.49. The van der Waals surface area contributed by atoms with Gasteiger partial charge < -0.3 is 40.7 Å². The second-order valence-electron chi connectivity index (χ2n) is 4.94. The minimum Gasteiger partial charge on any atom is -0.477 e. The van der Waals surface area contributed by atoms with Crippen molar-refractivity contribution in [2.75, 3.05) is 6.61 Å². The van der Waals surface area contributed by atoms with E-state index in [0.717, 1.165) is 6.92 Å². The molecule has 1 aliphatic heterocycles. The Balaban J connectivity index is 3.19. The average molecular weight is 327 g/mol. The van der Waals surface area contributed by atoms with Crippen molar-refractivity contribution in [2.45, 2.75) is 49.3 Å². The molecule has 7 atom stereocenters. The smallest absolute Gasteiger partial charge is 0.367 e. The first kappa shape index (κ1) is 18.7. The molecular weight excluding hydrogens is 309 g/mol. The van der Waals surface area contributed by atoms with E-state index in [0.29, 0.717) is 0 Å². The standard InChI is InChI=1S/C11H18FNO9/c1-3(15)13-5-7(18)9(12)11(21,10(19)20)22-8(5)6(17)4(16)2-14/h4-9,14,16-18,21H,2H2,1H3,(H,13,15)(H,19,20)/t4-,5-,6-,7+,8?,9?,11-/m1/s1. The Morgan fingerprint density at radius 3 is 2.36 bits per heavy atom. The van der Waals surface area contributed by atoms with Gasteiger partial charge in [-0.15, -0.1) is 0 Å². The van der Waals surface area contributed by atoms with E-state index in [1.54, 1.807) is 0 Å². The molecule has 1 fully saturated rings. The van der Waals surface area contributed by atoms with Gasteiger partial charge in [-0.3, -0.25) is 4.79 Å². The Labute approximate surface area is 123 Å². The van der Waals surface area contributed by atoms with E-state index < -0.39 is 60.9 Å². The zero-order valence-corrected chi connectivity index (χ0v) is 11.5. The second kappa shape index (κ2) is 6.81. The fourth-order valence-electron chi connectivity index (χ4n) is 2.13. The van der Waals surface area contributed by atoms with Gasteiger partial charge in [-0.05, 0) is 0 Å². The molecule has 2 unspecified atom stereocenters. The number of ether oxygens (including phenoxy) is 1. The van der Waals surface area contributed by atoms with Gasteiger partial charge in [-0.1, -0.05) is 0 Å². The molecule has 1 aliphatic rings. The molecule has 0 bridgehead atoms. The molecule has 0 aromatic carbocycles. The van der Waals surface area contributed by atoms with Gasteiger partial charge in [0.15, 0.2) is 6.17 Å². The first-order valence-electron chi connectivity index (χ1n) is 6.26. The maximum Gasteiger partial charge on any atom is 0.367 e. The van der Waals surface area contributed by atoms with E-state index in [2.05, 4.69) is 4.74 Å². The van der Waals surface area contributed by atoms with Crippen molar-refractivity contribution in [1.29, 1.82) is 0 Å². The van der Waals surface area contributed by atoms with Gasteiger partial charge in [0.25, 0.3) is 0 Å². The molecule has 0 aliphatic carbocycles. The monoisotopic (exact) mass is 327 g/mol. The highest BCUT2D eigenvalue weighted by Gasteiger charge is 2.61. The molecule has 1 heterocycles. The molecule has 0 aromatic rings. The van der Waals surface area contributed by atoms with Crippen molar-refractivity contribution in [1.82, 2.24) is 5.32 Å². The van der Waals surface area contributed by atoms with E-state index in [1.165, 1.54) is 0 Å². The lowest BCUT2D eigenvalue weighted by Gasteiger charge is -2.46. The molecule has 1 amide bonds. The number of carboxylic acids is 1. The van der Waals surface area contributed by atoms with Gasteiger partial charge in [0, 0.05) is 6.92 Å². The molecule has 0 spiro atoms. The van der Waals surface area contributed by atoms with Crippen LogP contribution in [0.3, 0.4) is 0 Å². The fraction of sp³-hybridized carbons (Fsp3) is 0.818. The summed E-state index contributed by atoms with van der Waals surface area (Å²) in [5.74, 6) is -6.43. The molecule has 0 aromatic heterocycles. The third kappa shape index (κ3) is 3.34. The number of hydrogen-bond donors (Lipinski definition) is 7. The number of aliphatic hydroxyl groups excluding tert-OH is 4. The number of halogens is 1. The summed E-state index contributed by atoms with van der Waals surface area (Å²) in [4.78, 5) is 22.1. The highest BCUT2D eigenvalue weighted by Crippen LogP contribution is 2.32. The predicted molar refractivity (Wildman–Crippen MR) is 65.1 cm³/mol. The summed E-state index contributed by atoms with van der Waals surface area (Å²) in [6.45, 7) is 0.0400. The molecule has 7 N–H and O–H groups in total. The number of carbonyl (C=O) groups excluding carboxylic acids is 1. The van der Waals surface area contributed by atoms with Crippen LogP contribution in [-0.2, 0) is 14.3 Å². The van der Waals surface area contributed by atoms with E-state index >= 15 is 0 Å². The Morgan fingerprint density at radius 1 is 1.41 bits per heavy atom. The summed E-state index contributed by atoms with van der Waals surface area (Å²) in [5, 5.41) is 58.4. The number of aliphatic hydroxyl groups is 5. The van der Waals surface area contributed by atoms with E-state index in [1.807, 2.05) is 5.32 Å². The topological polar surface area (TPSA) is 177 Å². The fourth-order valence-corrected chi connectivity index (χ4v) is 2.13. The number of rotatable bonds is 5.